The second kappa shape index (κ2) is 7.92. The Morgan fingerprint density at radius 2 is 2.00 bits per heavy atom. The molecule has 4 aromatic heterocycles. The molecule has 0 aliphatic carbocycles. The van der Waals surface area contributed by atoms with Gasteiger partial charge in [-0.3, -0.25) is 4.98 Å². The van der Waals surface area contributed by atoms with Crippen LogP contribution in [-0.2, 0) is 22.6 Å². The van der Waals surface area contributed by atoms with Crippen molar-refractivity contribution in [3.63, 3.8) is 0 Å². The fourth-order valence-corrected chi connectivity index (χ4v) is 3.50. The molecule has 1 aliphatic rings. The van der Waals surface area contributed by atoms with Crippen LogP contribution in [0.4, 0.5) is 0 Å². The van der Waals surface area contributed by atoms with E-state index in [9.17, 15) is 0 Å². The van der Waals surface area contributed by atoms with Crippen LogP contribution in [0.25, 0.3) is 22.6 Å². The van der Waals surface area contributed by atoms with Gasteiger partial charge in [0.25, 0.3) is 0 Å². The molecule has 5 rings (SSSR count). The first-order valence-electron chi connectivity index (χ1n) is 9.94. The summed E-state index contributed by atoms with van der Waals surface area (Å²) in [7, 11) is 0. The van der Waals surface area contributed by atoms with Crippen molar-refractivity contribution >= 4 is 11.2 Å². The largest absolute Gasteiger partial charge is 0.460 e. The summed E-state index contributed by atoms with van der Waals surface area (Å²) in [5, 5.41) is 8.61. The van der Waals surface area contributed by atoms with E-state index < -0.39 is 0 Å². The van der Waals surface area contributed by atoms with Crippen LogP contribution in [0.2, 0.25) is 0 Å². The number of nitrogens with zero attached hydrogens (tertiary/aromatic N) is 6. The van der Waals surface area contributed by atoms with Gasteiger partial charge in [-0.2, -0.15) is 0 Å². The van der Waals surface area contributed by atoms with E-state index in [0.29, 0.717) is 48.2 Å². The van der Waals surface area contributed by atoms with Gasteiger partial charge in [-0.05, 0) is 44.5 Å². The topological polar surface area (TPSA) is 101 Å². The van der Waals surface area contributed by atoms with Crippen LogP contribution >= 0.6 is 0 Å². The van der Waals surface area contributed by atoms with E-state index in [1.165, 1.54) is 0 Å². The Bertz CT molecular complexity index is 1180. The van der Waals surface area contributed by atoms with E-state index in [4.69, 9.17) is 18.9 Å². The first-order chi connectivity index (χ1) is 14.7. The number of ether oxygens (including phenoxy) is 2. The average Bonchev–Trinajstić information content (AvgIpc) is 3.48. The molecule has 9 nitrogen and oxygen atoms in total. The minimum absolute atomic E-state index is 0.151. The molecule has 0 bridgehead atoms. The van der Waals surface area contributed by atoms with Gasteiger partial charge in [0.05, 0.1) is 37.3 Å². The number of rotatable bonds is 6. The van der Waals surface area contributed by atoms with Gasteiger partial charge in [0.15, 0.2) is 16.9 Å². The van der Waals surface area contributed by atoms with Crippen molar-refractivity contribution in [2.24, 2.45) is 0 Å². The molecular weight excluding hydrogens is 384 g/mol. The lowest BCUT2D eigenvalue weighted by atomic mass is 10.2. The lowest BCUT2D eigenvalue weighted by Gasteiger charge is -2.10. The Hall–Kier alpha value is -3.17. The molecule has 5 heterocycles. The van der Waals surface area contributed by atoms with Gasteiger partial charge in [-0.1, -0.05) is 11.3 Å². The minimum atomic E-state index is 0.151. The molecule has 1 saturated heterocycles. The maximum atomic E-state index is 5.88. The van der Waals surface area contributed by atoms with Gasteiger partial charge in [-0.15, -0.1) is 5.10 Å². The summed E-state index contributed by atoms with van der Waals surface area (Å²) in [4.78, 5) is 13.8. The summed E-state index contributed by atoms with van der Waals surface area (Å²) in [5.74, 6) is 2.10. The number of aryl methyl sites for hydroxylation is 2. The molecule has 0 aromatic carbocycles. The minimum Gasteiger partial charge on any atom is -0.460 e. The van der Waals surface area contributed by atoms with Crippen LogP contribution in [-0.4, -0.2) is 49.3 Å². The van der Waals surface area contributed by atoms with Gasteiger partial charge in [0.2, 0.25) is 0 Å². The smallest absolute Gasteiger partial charge is 0.183 e. The summed E-state index contributed by atoms with van der Waals surface area (Å²) >= 11 is 0. The van der Waals surface area contributed by atoms with Crippen LogP contribution < -0.4 is 0 Å². The molecule has 154 valence electrons. The fourth-order valence-electron chi connectivity index (χ4n) is 3.50. The third-order valence-corrected chi connectivity index (χ3v) is 4.98. The summed E-state index contributed by atoms with van der Waals surface area (Å²) in [6, 6.07) is 9.68. The van der Waals surface area contributed by atoms with Gasteiger partial charge in [-0.25, -0.2) is 14.6 Å². The average molecular weight is 406 g/mol. The lowest BCUT2D eigenvalue weighted by molar-refractivity contribution is 0.0301. The molecule has 1 unspecified atom stereocenters. The SMILES string of the molecule is Cc1nc(-c2ccc(C)o2)c2nnn(Cc3cccc(COC4CCOC4)n3)c2n1. The quantitative estimate of drug-likeness (QED) is 0.482. The molecule has 0 radical (unpaired) electrons. The Morgan fingerprint density at radius 1 is 1.10 bits per heavy atom. The maximum Gasteiger partial charge on any atom is 0.183 e. The molecule has 1 atom stereocenters. The van der Waals surface area contributed by atoms with E-state index in [2.05, 4.69) is 20.3 Å². The molecule has 0 saturated carbocycles. The van der Waals surface area contributed by atoms with Crippen molar-refractivity contribution in [3.8, 4) is 11.5 Å². The second-order valence-corrected chi connectivity index (χ2v) is 7.37. The maximum absolute atomic E-state index is 5.88. The zero-order chi connectivity index (χ0) is 20.5. The van der Waals surface area contributed by atoms with Crippen molar-refractivity contribution in [3.05, 3.63) is 53.3 Å². The number of hydrogen-bond donors (Lipinski definition) is 0. The fraction of sp³-hybridized carbons (Fsp3) is 0.381. The van der Waals surface area contributed by atoms with Crippen LogP contribution in [0.5, 0.6) is 0 Å². The van der Waals surface area contributed by atoms with Crippen molar-refractivity contribution in [2.45, 2.75) is 39.5 Å². The summed E-state index contributed by atoms with van der Waals surface area (Å²) < 4.78 is 18.7. The summed E-state index contributed by atoms with van der Waals surface area (Å²) in [6.45, 7) is 6.07. The normalized spacial score (nSPS) is 16.5. The lowest BCUT2D eigenvalue weighted by Crippen LogP contribution is -2.13. The van der Waals surface area contributed by atoms with Gasteiger partial charge in [0.1, 0.15) is 17.3 Å². The van der Waals surface area contributed by atoms with Crippen LogP contribution in [0.15, 0.2) is 34.7 Å². The number of furan rings is 1. The molecule has 0 spiro atoms. The highest BCUT2D eigenvalue weighted by molar-refractivity contribution is 5.85. The van der Waals surface area contributed by atoms with E-state index in [1.54, 1.807) is 4.68 Å². The van der Waals surface area contributed by atoms with Crippen LogP contribution in [0.3, 0.4) is 0 Å². The van der Waals surface area contributed by atoms with Gasteiger partial charge in [0, 0.05) is 6.61 Å². The highest BCUT2D eigenvalue weighted by Gasteiger charge is 2.18. The van der Waals surface area contributed by atoms with E-state index in [0.717, 1.165) is 30.2 Å². The zero-order valence-corrected chi connectivity index (χ0v) is 16.9. The number of aromatic nitrogens is 6. The van der Waals surface area contributed by atoms with Crippen LogP contribution in [0.1, 0.15) is 29.4 Å². The first kappa shape index (κ1) is 18.8. The van der Waals surface area contributed by atoms with E-state index in [-0.39, 0.29) is 6.10 Å². The van der Waals surface area contributed by atoms with E-state index in [1.807, 2.05) is 44.2 Å². The summed E-state index contributed by atoms with van der Waals surface area (Å²) in [5.41, 5.74) is 3.64. The number of hydrogen-bond acceptors (Lipinski definition) is 8. The van der Waals surface area contributed by atoms with Crippen LogP contribution in [0, 0.1) is 13.8 Å². The Kier molecular flexibility index (Phi) is 4.97. The van der Waals surface area contributed by atoms with Gasteiger partial charge < -0.3 is 13.9 Å². The number of pyridine rings is 1. The molecular formula is C21H22N6O3. The zero-order valence-electron chi connectivity index (χ0n) is 16.9. The Labute approximate surface area is 173 Å². The third kappa shape index (κ3) is 3.81. The third-order valence-electron chi connectivity index (χ3n) is 4.98. The van der Waals surface area contributed by atoms with E-state index >= 15 is 0 Å². The summed E-state index contributed by atoms with van der Waals surface area (Å²) in [6.07, 6.45) is 1.08. The van der Waals surface area contributed by atoms with Gasteiger partial charge >= 0.3 is 0 Å². The van der Waals surface area contributed by atoms with Crippen molar-refractivity contribution in [2.75, 3.05) is 13.2 Å². The van der Waals surface area contributed by atoms with Crippen molar-refractivity contribution in [1.29, 1.82) is 0 Å². The standard InChI is InChI=1S/C21H22N6O3/c1-13-6-7-18(30-13)19-20-21(23-14(2)22-19)27(26-25-20)10-15-4-3-5-16(24-15)11-29-17-8-9-28-12-17/h3-7,17H,8-12H2,1-2H3. The van der Waals surface area contributed by atoms with Crippen molar-refractivity contribution in [1.82, 2.24) is 29.9 Å². The first-order valence-corrected chi connectivity index (χ1v) is 9.94. The molecule has 30 heavy (non-hydrogen) atoms. The Balaban J connectivity index is 1.40. The van der Waals surface area contributed by atoms with Crippen molar-refractivity contribution < 1.29 is 13.9 Å². The highest BCUT2D eigenvalue weighted by atomic mass is 16.5. The molecule has 1 fully saturated rings. The molecule has 0 amide bonds. The molecule has 1 aliphatic heterocycles. The Morgan fingerprint density at radius 3 is 2.80 bits per heavy atom. The monoisotopic (exact) mass is 406 g/mol. The molecule has 4 aromatic rings. The molecule has 0 N–H and O–H groups in total. The highest BCUT2D eigenvalue weighted by Crippen LogP contribution is 2.26. The number of fused-ring (bicyclic) bond motifs is 1. The predicted octanol–water partition coefficient (Wildman–Crippen LogP) is 2.85. The second-order valence-electron chi connectivity index (χ2n) is 7.37. The predicted molar refractivity (Wildman–Crippen MR) is 108 cm³/mol. The molecule has 9 heteroatoms.